The molecule has 0 radical (unpaired) electrons. The molecule has 0 nitrogen and oxygen atoms in total. The number of thiol groups is 1. The van der Waals surface area contributed by atoms with Gasteiger partial charge in [-0.1, -0.05) is 13.0 Å². The Balaban J connectivity index is 5.04. The van der Waals surface area contributed by atoms with Gasteiger partial charge < -0.3 is 0 Å². The summed E-state index contributed by atoms with van der Waals surface area (Å²) in [5.74, 6) is 0. The van der Waals surface area contributed by atoms with E-state index in [0.29, 0.717) is 0 Å². The molecule has 0 atom stereocenters. The van der Waals surface area contributed by atoms with Crippen molar-refractivity contribution >= 4 is 58.0 Å². The van der Waals surface area contributed by atoms with Crippen molar-refractivity contribution in [2.45, 2.75) is 20.3 Å². The van der Waals surface area contributed by atoms with Crippen LogP contribution in [0, 0.1) is 0 Å². The van der Waals surface area contributed by atoms with E-state index in [-0.39, 0.29) is 0 Å². The van der Waals surface area contributed by atoms with Gasteiger partial charge in [0.2, 0.25) is 0 Å². The molecule has 0 aliphatic rings. The molecule has 0 fully saturated rings. The highest BCUT2D eigenvalue weighted by Gasteiger charge is 2.00. The van der Waals surface area contributed by atoms with Crippen molar-refractivity contribution in [3.05, 3.63) is 11.0 Å². The van der Waals surface area contributed by atoms with Gasteiger partial charge in [0, 0.05) is 0 Å². The van der Waals surface area contributed by atoms with Crippen molar-refractivity contribution in [1.82, 2.24) is 0 Å². The largest absolute Gasteiger partial charge is 0.0741 e. The predicted molar refractivity (Wildman–Crippen MR) is 69.6 cm³/mol. The fraction of sp³-hybridized carbons (Fsp3) is 0.600. The van der Waals surface area contributed by atoms with Gasteiger partial charge in [-0.05, 0) is 76.2 Å². The summed E-state index contributed by atoms with van der Waals surface area (Å²) in [5, 5.41) is 0. The lowest BCUT2D eigenvalue weighted by atomic mass is 10.4. The third-order valence-electron chi connectivity index (χ3n) is 1.09. The van der Waals surface area contributed by atoms with Gasteiger partial charge in [-0.2, -0.15) is 0 Å². The van der Waals surface area contributed by atoms with Crippen molar-refractivity contribution in [3.63, 3.8) is 0 Å². The monoisotopic (exact) mass is 262 g/mol. The Morgan fingerprint density at radius 1 is 1.45 bits per heavy atom. The van der Waals surface area contributed by atoms with E-state index in [1.165, 1.54) is 0 Å². The maximum atomic E-state index is 5.21. The third kappa shape index (κ3) is 3.69. The zero-order valence-corrected chi connectivity index (χ0v) is 11.2. The van der Waals surface area contributed by atoms with Gasteiger partial charge in [0.05, 0.1) is 0 Å². The lowest BCUT2D eigenvalue weighted by molar-refractivity contribution is 1.21. The molecule has 0 aliphatic carbocycles. The Morgan fingerprint density at radius 3 is 2.18 bits per heavy atom. The second-order valence-electron chi connectivity index (χ2n) is 1.92. The highest BCUT2D eigenvalue weighted by atomic mass is 33.7. The maximum absolute atomic E-state index is 5.21. The molecule has 0 amide bonds. The Hall–Kier alpha value is 1.32. The molecule has 0 heterocycles. The van der Waals surface area contributed by atoms with Crippen LogP contribution < -0.4 is 0 Å². The highest BCUT2D eigenvalue weighted by Crippen LogP contribution is 2.09. The summed E-state index contributed by atoms with van der Waals surface area (Å²) in [5.41, 5.74) is 0. The fourth-order valence-corrected chi connectivity index (χ4v) is 4.58. The molecule has 6 heteroatoms. The molecule has 0 saturated carbocycles. The summed E-state index contributed by atoms with van der Waals surface area (Å²) in [7, 11) is -0.983. The zero-order valence-electron chi connectivity index (χ0n) is 6.27. The van der Waals surface area contributed by atoms with E-state index >= 15 is 0 Å². The Bertz CT molecular complexity index is 307. The summed E-state index contributed by atoms with van der Waals surface area (Å²) in [4.78, 5) is 1.06. The van der Waals surface area contributed by atoms with Gasteiger partial charge in [0.1, 0.15) is 0 Å². The van der Waals surface area contributed by atoms with E-state index < -0.39 is 13.2 Å². The summed E-state index contributed by atoms with van der Waals surface area (Å²) < 4.78 is 0. The fourth-order valence-electron chi connectivity index (χ4n) is 0.510. The quantitative estimate of drug-likeness (QED) is 0.605. The third-order valence-corrected chi connectivity index (χ3v) is 16.2. The van der Waals surface area contributed by atoms with Crippen LogP contribution in [0.3, 0.4) is 0 Å². The molecule has 0 aromatic carbocycles. The van der Waals surface area contributed by atoms with Crippen molar-refractivity contribution < 1.29 is 0 Å². The van der Waals surface area contributed by atoms with E-state index in [2.05, 4.69) is 6.92 Å². The highest BCUT2D eigenvalue weighted by molar-refractivity contribution is 9.06. The first-order chi connectivity index (χ1) is 4.92. The molecule has 0 aliphatic heterocycles. The van der Waals surface area contributed by atoms with Gasteiger partial charge >= 0.3 is 0 Å². The SMILES string of the molecule is CC/C=C(\C)S(=S)(=S)[SH](=S)=S. The van der Waals surface area contributed by atoms with Crippen molar-refractivity contribution in [2.75, 3.05) is 0 Å². The molecule has 0 rings (SSSR count). The molecule has 0 N–H and O–H groups in total. The first kappa shape index (κ1) is 12.3. The minimum Gasteiger partial charge on any atom is -0.0741 e. The molecule has 0 unspecified atom stereocenters. The Kier molecular flexibility index (Phi) is 5.75. The minimum atomic E-state index is -1.62. The molecule has 0 aromatic heterocycles. The van der Waals surface area contributed by atoms with Gasteiger partial charge in [0.25, 0.3) is 0 Å². The van der Waals surface area contributed by atoms with E-state index in [0.717, 1.165) is 11.3 Å². The van der Waals surface area contributed by atoms with Gasteiger partial charge in [0.15, 0.2) is 0 Å². The molecule has 0 saturated heterocycles. The second kappa shape index (κ2) is 5.14. The van der Waals surface area contributed by atoms with Gasteiger partial charge in [-0.3, -0.25) is 0 Å². The molecular formula is C5H10S6. The standard InChI is InChI=1S/C5H10S6/c1-3-4-5(2)11(8,9)10(6)7/h4,10H,3H2,1-2H3/b5-4+. The van der Waals surface area contributed by atoms with E-state index in [4.69, 9.17) is 44.8 Å². The molecule has 11 heavy (non-hydrogen) atoms. The predicted octanol–water partition coefficient (Wildman–Crippen LogP) is 1.57. The molecule has 0 bridgehead atoms. The number of rotatable bonds is 3. The zero-order chi connectivity index (χ0) is 9.07. The average Bonchev–Trinajstić information content (AvgIpc) is 1.88. The van der Waals surface area contributed by atoms with Crippen LogP contribution in [-0.2, 0) is 58.0 Å². The smallest absolute Gasteiger partial charge is 0.00372 e. The first-order valence-electron chi connectivity index (χ1n) is 2.99. The number of hydrogen-bond donors (Lipinski definition) is 1. The normalized spacial score (nSPS) is 13.9. The second-order valence-corrected chi connectivity index (χ2v) is 16.1. The van der Waals surface area contributed by atoms with E-state index in [1.54, 1.807) is 0 Å². The van der Waals surface area contributed by atoms with Crippen molar-refractivity contribution in [2.24, 2.45) is 0 Å². The Morgan fingerprint density at radius 2 is 1.91 bits per heavy atom. The van der Waals surface area contributed by atoms with Crippen LogP contribution in [0.4, 0.5) is 0 Å². The maximum Gasteiger partial charge on any atom is -0.00372 e. The molecular weight excluding hydrogens is 252 g/mol. The average molecular weight is 263 g/mol. The van der Waals surface area contributed by atoms with Crippen LogP contribution in [0.15, 0.2) is 11.0 Å². The molecule has 0 aromatic rings. The molecule has 66 valence electrons. The van der Waals surface area contributed by atoms with E-state index in [9.17, 15) is 0 Å². The lowest BCUT2D eigenvalue weighted by Crippen LogP contribution is -1.96. The van der Waals surface area contributed by atoms with Gasteiger partial charge in [-0.25, -0.2) is 0 Å². The van der Waals surface area contributed by atoms with Crippen LogP contribution in [0.2, 0.25) is 0 Å². The van der Waals surface area contributed by atoms with Crippen molar-refractivity contribution in [3.8, 4) is 0 Å². The first-order valence-corrected chi connectivity index (χ1v) is 10.4. The topological polar surface area (TPSA) is 0 Å². The molecule has 0 spiro atoms. The minimum absolute atomic E-state index is 0.960. The summed E-state index contributed by atoms with van der Waals surface area (Å²) in [6, 6.07) is 0. The van der Waals surface area contributed by atoms with Gasteiger partial charge in [-0.15, -0.1) is 0 Å². The summed E-state index contributed by atoms with van der Waals surface area (Å²) >= 11 is 20.4. The summed E-state index contributed by atoms with van der Waals surface area (Å²) in [6.45, 7) is 4.01. The van der Waals surface area contributed by atoms with Crippen LogP contribution in [0.5, 0.6) is 0 Å². The number of hydrogen-bond acceptors (Lipinski definition) is 4. The Labute approximate surface area is 88.5 Å². The van der Waals surface area contributed by atoms with E-state index in [1.807, 2.05) is 13.0 Å². The van der Waals surface area contributed by atoms with Crippen LogP contribution >= 0.6 is 0 Å². The van der Waals surface area contributed by atoms with Crippen LogP contribution in [0.25, 0.3) is 0 Å². The van der Waals surface area contributed by atoms with Crippen LogP contribution in [0.1, 0.15) is 20.3 Å². The number of allylic oxidation sites excluding steroid dienone is 2. The van der Waals surface area contributed by atoms with Crippen LogP contribution in [-0.4, -0.2) is 0 Å². The lowest BCUT2D eigenvalue weighted by Gasteiger charge is -2.04. The van der Waals surface area contributed by atoms with Crippen molar-refractivity contribution in [1.29, 1.82) is 0 Å². The summed E-state index contributed by atoms with van der Waals surface area (Å²) in [6.07, 6.45) is 1.39.